The van der Waals surface area contributed by atoms with E-state index in [0.717, 1.165) is 19.4 Å². The maximum atomic E-state index is 5.89. The Morgan fingerprint density at radius 2 is 2.12 bits per heavy atom. The highest BCUT2D eigenvalue weighted by molar-refractivity contribution is 5.15. The summed E-state index contributed by atoms with van der Waals surface area (Å²) >= 11 is 0. The van der Waals surface area contributed by atoms with Crippen LogP contribution in [0.3, 0.4) is 0 Å². The summed E-state index contributed by atoms with van der Waals surface area (Å²) in [6.07, 6.45) is 6.69. The van der Waals surface area contributed by atoms with Gasteiger partial charge in [-0.1, -0.05) is 0 Å². The molecule has 0 saturated heterocycles. The van der Waals surface area contributed by atoms with Gasteiger partial charge in [0.2, 0.25) is 0 Å². The van der Waals surface area contributed by atoms with Crippen molar-refractivity contribution in [3.63, 3.8) is 0 Å². The fourth-order valence-corrected chi connectivity index (χ4v) is 2.30. The van der Waals surface area contributed by atoms with E-state index in [1.165, 1.54) is 24.1 Å². The lowest BCUT2D eigenvalue weighted by molar-refractivity contribution is 0.341. The SMILES string of the molecule is Cc1c(CNC2CCC(N)CC2)cnn1C. The molecule has 4 heteroatoms. The first-order valence-electron chi connectivity index (χ1n) is 6.13. The third-order valence-corrected chi connectivity index (χ3v) is 3.69. The summed E-state index contributed by atoms with van der Waals surface area (Å²) in [4.78, 5) is 0. The van der Waals surface area contributed by atoms with E-state index in [9.17, 15) is 0 Å². The molecule has 2 rings (SSSR count). The predicted molar refractivity (Wildman–Crippen MR) is 65.0 cm³/mol. The summed E-state index contributed by atoms with van der Waals surface area (Å²) in [5.74, 6) is 0. The molecule has 0 unspecified atom stereocenters. The molecule has 0 atom stereocenters. The first-order valence-corrected chi connectivity index (χ1v) is 6.13. The highest BCUT2D eigenvalue weighted by atomic mass is 15.3. The van der Waals surface area contributed by atoms with Crippen LogP contribution in [0.2, 0.25) is 0 Å². The summed E-state index contributed by atoms with van der Waals surface area (Å²) in [5.41, 5.74) is 8.44. The molecule has 1 aliphatic carbocycles. The van der Waals surface area contributed by atoms with E-state index in [0.29, 0.717) is 12.1 Å². The minimum atomic E-state index is 0.429. The van der Waals surface area contributed by atoms with Crippen LogP contribution in [0.25, 0.3) is 0 Å². The van der Waals surface area contributed by atoms with Gasteiger partial charge in [-0.15, -0.1) is 0 Å². The van der Waals surface area contributed by atoms with Crippen LogP contribution in [0, 0.1) is 6.92 Å². The lowest BCUT2D eigenvalue weighted by Crippen LogP contribution is -2.37. The van der Waals surface area contributed by atoms with Crippen molar-refractivity contribution in [2.75, 3.05) is 0 Å². The molecule has 0 radical (unpaired) electrons. The molecular formula is C12H22N4. The van der Waals surface area contributed by atoms with Crippen molar-refractivity contribution < 1.29 is 0 Å². The average Bonchev–Trinajstić information content (AvgIpc) is 2.60. The molecule has 1 aromatic heterocycles. The third-order valence-electron chi connectivity index (χ3n) is 3.69. The molecule has 1 fully saturated rings. The Morgan fingerprint density at radius 1 is 1.44 bits per heavy atom. The van der Waals surface area contributed by atoms with Crippen LogP contribution in [-0.4, -0.2) is 21.9 Å². The Bertz CT molecular complexity index is 337. The lowest BCUT2D eigenvalue weighted by atomic mass is 9.92. The number of nitrogens with two attached hydrogens (primary N) is 1. The maximum absolute atomic E-state index is 5.89. The molecule has 1 heterocycles. The first kappa shape index (κ1) is 11.6. The van der Waals surface area contributed by atoms with Crippen molar-refractivity contribution in [1.82, 2.24) is 15.1 Å². The van der Waals surface area contributed by atoms with Gasteiger partial charge in [-0.05, 0) is 32.6 Å². The van der Waals surface area contributed by atoms with E-state index in [-0.39, 0.29) is 0 Å². The van der Waals surface area contributed by atoms with Crippen LogP contribution in [0.15, 0.2) is 6.20 Å². The number of hydrogen-bond donors (Lipinski definition) is 2. The fourth-order valence-electron chi connectivity index (χ4n) is 2.30. The molecule has 3 N–H and O–H groups in total. The largest absolute Gasteiger partial charge is 0.328 e. The van der Waals surface area contributed by atoms with Crippen LogP contribution in [0.5, 0.6) is 0 Å². The third kappa shape index (κ3) is 2.62. The molecule has 90 valence electrons. The second-order valence-corrected chi connectivity index (χ2v) is 4.87. The van der Waals surface area contributed by atoms with Crippen LogP contribution < -0.4 is 11.1 Å². The zero-order chi connectivity index (χ0) is 11.5. The van der Waals surface area contributed by atoms with E-state index >= 15 is 0 Å². The zero-order valence-corrected chi connectivity index (χ0v) is 10.2. The molecule has 0 amide bonds. The summed E-state index contributed by atoms with van der Waals surface area (Å²) in [6.45, 7) is 3.04. The number of hydrogen-bond acceptors (Lipinski definition) is 3. The van der Waals surface area contributed by atoms with Crippen LogP contribution in [0.1, 0.15) is 36.9 Å². The molecule has 0 aliphatic heterocycles. The summed E-state index contributed by atoms with van der Waals surface area (Å²) < 4.78 is 1.92. The monoisotopic (exact) mass is 222 g/mol. The molecule has 1 aromatic rings. The minimum Gasteiger partial charge on any atom is -0.328 e. The molecular weight excluding hydrogens is 200 g/mol. The molecule has 1 aliphatic rings. The molecule has 4 nitrogen and oxygen atoms in total. The van der Waals surface area contributed by atoms with E-state index < -0.39 is 0 Å². The van der Waals surface area contributed by atoms with Gasteiger partial charge in [0.25, 0.3) is 0 Å². The Kier molecular flexibility index (Phi) is 3.61. The van der Waals surface area contributed by atoms with Gasteiger partial charge >= 0.3 is 0 Å². The summed E-state index contributed by atoms with van der Waals surface area (Å²) in [6, 6.07) is 1.07. The smallest absolute Gasteiger partial charge is 0.0537 e. The summed E-state index contributed by atoms with van der Waals surface area (Å²) in [5, 5.41) is 7.85. The minimum absolute atomic E-state index is 0.429. The summed E-state index contributed by atoms with van der Waals surface area (Å²) in [7, 11) is 1.98. The second kappa shape index (κ2) is 4.97. The van der Waals surface area contributed by atoms with Gasteiger partial charge in [0.05, 0.1) is 6.20 Å². The molecule has 0 spiro atoms. The number of aryl methyl sites for hydroxylation is 1. The molecule has 16 heavy (non-hydrogen) atoms. The van der Waals surface area contributed by atoms with Crippen LogP contribution >= 0.6 is 0 Å². The van der Waals surface area contributed by atoms with Gasteiger partial charge in [0.1, 0.15) is 0 Å². The van der Waals surface area contributed by atoms with E-state index in [1.54, 1.807) is 0 Å². The van der Waals surface area contributed by atoms with Crippen molar-refractivity contribution in [2.45, 2.75) is 51.2 Å². The second-order valence-electron chi connectivity index (χ2n) is 4.87. The van der Waals surface area contributed by atoms with Crippen molar-refractivity contribution in [2.24, 2.45) is 12.8 Å². The van der Waals surface area contributed by atoms with Crippen molar-refractivity contribution in [1.29, 1.82) is 0 Å². The van der Waals surface area contributed by atoms with Gasteiger partial charge in [-0.25, -0.2) is 0 Å². The topological polar surface area (TPSA) is 55.9 Å². The average molecular weight is 222 g/mol. The zero-order valence-electron chi connectivity index (χ0n) is 10.2. The standard InChI is InChI=1S/C12H22N4/c1-9-10(8-15-16(9)2)7-14-12-5-3-11(13)4-6-12/h8,11-12,14H,3-7,13H2,1-2H3. The van der Waals surface area contributed by atoms with Crippen LogP contribution in [0.4, 0.5) is 0 Å². The quantitative estimate of drug-likeness (QED) is 0.805. The molecule has 0 bridgehead atoms. The van der Waals surface area contributed by atoms with E-state index in [4.69, 9.17) is 5.73 Å². The highest BCUT2D eigenvalue weighted by Gasteiger charge is 2.18. The first-order chi connectivity index (χ1) is 7.66. The van der Waals surface area contributed by atoms with Crippen LogP contribution in [-0.2, 0) is 13.6 Å². The van der Waals surface area contributed by atoms with Crippen molar-refractivity contribution >= 4 is 0 Å². The lowest BCUT2D eigenvalue weighted by Gasteiger charge is -2.26. The predicted octanol–water partition coefficient (Wildman–Crippen LogP) is 1.09. The van der Waals surface area contributed by atoms with Gasteiger partial charge in [-0.2, -0.15) is 5.10 Å². The van der Waals surface area contributed by atoms with Gasteiger partial charge in [-0.3, -0.25) is 4.68 Å². The van der Waals surface area contributed by atoms with E-state index in [1.807, 2.05) is 17.9 Å². The Labute approximate surface area is 97.2 Å². The van der Waals surface area contributed by atoms with E-state index in [2.05, 4.69) is 17.3 Å². The fraction of sp³-hybridized carbons (Fsp3) is 0.750. The van der Waals surface area contributed by atoms with Crippen molar-refractivity contribution in [3.05, 3.63) is 17.5 Å². The van der Waals surface area contributed by atoms with Gasteiger partial charge in [0.15, 0.2) is 0 Å². The number of aromatic nitrogens is 2. The van der Waals surface area contributed by atoms with Gasteiger partial charge in [0, 0.05) is 36.9 Å². The van der Waals surface area contributed by atoms with Gasteiger partial charge < -0.3 is 11.1 Å². The Morgan fingerprint density at radius 3 is 2.69 bits per heavy atom. The van der Waals surface area contributed by atoms with Crippen molar-refractivity contribution in [3.8, 4) is 0 Å². The molecule has 0 aromatic carbocycles. The Hall–Kier alpha value is -0.870. The molecule has 1 saturated carbocycles. The number of nitrogens with zero attached hydrogens (tertiary/aromatic N) is 2. The Balaban J connectivity index is 1.81. The highest BCUT2D eigenvalue weighted by Crippen LogP contribution is 2.17. The maximum Gasteiger partial charge on any atom is 0.0537 e. The normalized spacial score (nSPS) is 25.9. The number of rotatable bonds is 3. The number of nitrogens with one attached hydrogen (secondary N) is 1.